The number of hydrogen-bond acceptors (Lipinski definition) is 4. The fourth-order valence-electron chi connectivity index (χ4n) is 1.38. The van der Waals surface area contributed by atoms with E-state index in [0.717, 1.165) is 12.3 Å². The Morgan fingerprint density at radius 3 is 3.06 bits per heavy atom. The van der Waals surface area contributed by atoms with Gasteiger partial charge < -0.3 is 9.73 Å². The van der Waals surface area contributed by atoms with Gasteiger partial charge in [-0.15, -0.1) is 0 Å². The normalized spacial score (nSPS) is 20.7. The molecule has 1 fully saturated rings. The first-order valence-corrected chi connectivity index (χ1v) is 7.98. The molecule has 0 radical (unpaired) electrons. The molecule has 1 aromatic heterocycles. The molecule has 1 aliphatic rings. The predicted molar refractivity (Wildman–Crippen MR) is 72.3 cm³/mol. The lowest BCUT2D eigenvalue weighted by atomic mass is 10.4. The molecule has 1 atom stereocenters. The highest BCUT2D eigenvalue weighted by molar-refractivity contribution is 9.10. The van der Waals surface area contributed by atoms with Gasteiger partial charge in [-0.05, 0) is 28.1 Å². The first-order valence-electron chi connectivity index (χ1n) is 4.98. The van der Waals surface area contributed by atoms with Crippen molar-refractivity contribution in [1.82, 2.24) is 5.32 Å². The van der Waals surface area contributed by atoms with E-state index in [9.17, 15) is 4.79 Å². The Labute approximate surface area is 111 Å². The Balaban J connectivity index is 1.79. The molecule has 0 saturated carbocycles. The molecule has 0 aliphatic carbocycles. The van der Waals surface area contributed by atoms with E-state index in [1.54, 1.807) is 12.1 Å². The summed E-state index contributed by atoms with van der Waals surface area (Å²) in [6, 6.07) is 3.39. The average Bonchev–Trinajstić information content (AvgIpc) is 2.74. The van der Waals surface area contributed by atoms with Crippen LogP contribution in [-0.4, -0.2) is 35.0 Å². The van der Waals surface area contributed by atoms with Crippen LogP contribution in [0.4, 0.5) is 0 Å². The Hall–Kier alpha value is -0.0700. The number of nitrogens with one attached hydrogen (secondary N) is 1. The van der Waals surface area contributed by atoms with Crippen LogP contribution in [0.25, 0.3) is 0 Å². The van der Waals surface area contributed by atoms with Crippen molar-refractivity contribution in [3.05, 3.63) is 22.6 Å². The molecule has 3 nitrogen and oxygen atoms in total. The molecule has 6 heteroatoms. The molecule has 16 heavy (non-hydrogen) atoms. The van der Waals surface area contributed by atoms with Gasteiger partial charge in [-0.2, -0.15) is 23.5 Å². The third-order valence-electron chi connectivity index (χ3n) is 2.17. The van der Waals surface area contributed by atoms with E-state index in [-0.39, 0.29) is 5.91 Å². The number of carbonyl (C=O) groups excluding carboxylic acids is 1. The minimum Gasteiger partial charge on any atom is -0.444 e. The number of halogens is 1. The topological polar surface area (TPSA) is 42.2 Å². The van der Waals surface area contributed by atoms with Gasteiger partial charge in [0.2, 0.25) is 0 Å². The van der Waals surface area contributed by atoms with Gasteiger partial charge >= 0.3 is 0 Å². The summed E-state index contributed by atoms with van der Waals surface area (Å²) in [6.07, 6.45) is 0. The maximum atomic E-state index is 11.7. The van der Waals surface area contributed by atoms with E-state index in [1.807, 2.05) is 23.5 Å². The second-order valence-electron chi connectivity index (χ2n) is 3.38. The maximum Gasteiger partial charge on any atom is 0.287 e. The third-order valence-corrected chi connectivity index (χ3v) is 5.44. The molecule has 2 rings (SSSR count). The summed E-state index contributed by atoms with van der Waals surface area (Å²) in [6.45, 7) is 0.717. The number of furan rings is 1. The molecule has 1 N–H and O–H groups in total. The lowest BCUT2D eigenvalue weighted by molar-refractivity contribution is 0.0925. The van der Waals surface area contributed by atoms with Crippen LogP contribution in [0.5, 0.6) is 0 Å². The minimum atomic E-state index is -0.137. The summed E-state index contributed by atoms with van der Waals surface area (Å²) in [5, 5.41) is 3.42. The van der Waals surface area contributed by atoms with Gasteiger partial charge in [0, 0.05) is 29.1 Å². The van der Waals surface area contributed by atoms with Crippen LogP contribution in [0.15, 0.2) is 21.2 Å². The minimum absolute atomic E-state index is 0.137. The van der Waals surface area contributed by atoms with E-state index >= 15 is 0 Å². The lowest BCUT2D eigenvalue weighted by Crippen LogP contribution is -2.33. The molecule has 0 spiro atoms. The summed E-state index contributed by atoms with van der Waals surface area (Å²) in [5.41, 5.74) is 0. The molecular weight excluding hydrogens is 310 g/mol. The standard InChI is InChI=1S/C10H12BrNO2S2/c11-9-2-1-8(14-9)10(13)12-5-7-6-15-3-4-16-7/h1-2,7H,3-6H2,(H,12,13). The number of amides is 1. The first kappa shape index (κ1) is 12.4. The zero-order valence-electron chi connectivity index (χ0n) is 8.57. The van der Waals surface area contributed by atoms with Crippen LogP contribution >= 0.6 is 39.5 Å². The van der Waals surface area contributed by atoms with Gasteiger partial charge in [0.05, 0.1) is 0 Å². The molecule has 1 aromatic rings. The van der Waals surface area contributed by atoms with E-state index in [0.29, 0.717) is 15.7 Å². The van der Waals surface area contributed by atoms with Crippen molar-refractivity contribution < 1.29 is 9.21 Å². The van der Waals surface area contributed by atoms with Crippen LogP contribution < -0.4 is 5.32 Å². The van der Waals surface area contributed by atoms with Crippen LogP contribution in [0.3, 0.4) is 0 Å². The molecule has 88 valence electrons. The van der Waals surface area contributed by atoms with Gasteiger partial charge in [-0.3, -0.25) is 4.79 Å². The largest absolute Gasteiger partial charge is 0.444 e. The second-order valence-corrected chi connectivity index (χ2v) is 6.72. The molecule has 1 saturated heterocycles. The highest BCUT2D eigenvalue weighted by Crippen LogP contribution is 2.23. The second kappa shape index (κ2) is 6.02. The van der Waals surface area contributed by atoms with E-state index < -0.39 is 0 Å². The average molecular weight is 322 g/mol. The van der Waals surface area contributed by atoms with Gasteiger partial charge in [-0.1, -0.05) is 0 Å². The lowest BCUT2D eigenvalue weighted by Gasteiger charge is -2.20. The molecule has 0 bridgehead atoms. The molecule has 2 heterocycles. The summed E-state index contributed by atoms with van der Waals surface area (Å²) in [7, 11) is 0. The third kappa shape index (κ3) is 3.46. The fraction of sp³-hybridized carbons (Fsp3) is 0.500. The van der Waals surface area contributed by atoms with Crippen molar-refractivity contribution in [3.63, 3.8) is 0 Å². The van der Waals surface area contributed by atoms with Crippen molar-refractivity contribution in [2.45, 2.75) is 5.25 Å². The number of rotatable bonds is 3. The smallest absolute Gasteiger partial charge is 0.287 e. The van der Waals surface area contributed by atoms with Crippen LogP contribution in [0, 0.1) is 0 Å². The van der Waals surface area contributed by atoms with Crippen molar-refractivity contribution in [3.8, 4) is 0 Å². The van der Waals surface area contributed by atoms with E-state index in [1.165, 1.54) is 11.5 Å². The Morgan fingerprint density at radius 1 is 1.56 bits per heavy atom. The molecule has 1 amide bonds. The van der Waals surface area contributed by atoms with Crippen molar-refractivity contribution >= 4 is 45.4 Å². The van der Waals surface area contributed by atoms with E-state index in [4.69, 9.17) is 4.42 Å². The van der Waals surface area contributed by atoms with Crippen molar-refractivity contribution in [2.75, 3.05) is 23.8 Å². The first-order chi connectivity index (χ1) is 7.75. The van der Waals surface area contributed by atoms with Crippen molar-refractivity contribution in [1.29, 1.82) is 0 Å². The quantitative estimate of drug-likeness (QED) is 0.929. The fourth-order valence-corrected chi connectivity index (χ4v) is 4.30. The highest BCUT2D eigenvalue weighted by atomic mass is 79.9. The Morgan fingerprint density at radius 2 is 2.44 bits per heavy atom. The molecule has 1 unspecified atom stereocenters. The van der Waals surface area contributed by atoms with Gasteiger partial charge in [-0.25, -0.2) is 0 Å². The number of hydrogen-bond donors (Lipinski definition) is 1. The summed E-state index contributed by atoms with van der Waals surface area (Å²) >= 11 is 7.06. The summed E-state index contributed by atoms with van der Waals surface area (Å²) in [5.74, 6) is 3.74. The Kier molecular flexibility index (Phi) is 4.66. The SMILES string of the molecule is O=C(NCC1CSCCS1)c1ccc(Br)o1. The van der Waals surface area contributed by atoms with Gasteiger partial charge in [0.1, 0.15) is 0 Å². The molecule has 0 aromatic carbocycles. The van der Waals surface area contributed by atoms with Crippen LogP contribution in [-0.2, 0) is 0 Å². The number of thioether (sulfide) groups is 2. The van der Waals surface area contributed by atoms with E-state index in [2.05, 4.69) is 21.2 Å². The van der Waals surface area contributed by atoms with Crippen LogP contribution in [0.2, 0.25) is 0 Å². The van der Waals surface area contributed by atoms with Crippen molar-refractivity contribution in [2.24, 2.45) is 0 Å². The van der Waals surface area contributed by atoms with Gasteiger partial charge in [0.25, 0.3) is 5.91 Å². The summed E-state index contributed by atoms with van der Waals surface area (Å²) in [4.78, 5) is 11.7. The van der Waals surface area contributed by atoms with Gasteiger partial charge in [0.15, 0.2) is 10.4 Å². The predicted octanol–water partition coefficient (Wildman–Crippen LogP) is 2.62. The monoisotopic (exact) mass is 321 g/mol. The maximum absolute atomic E-state index is 11.7. The Bertz CT molecular complexity index is 363. The highest BCUT2D eigenvalue weighted by Gasteiger charge is 2.16. The van der Waals surface area contributed by atoms with Crippen LogP contribution in [0.1, 0.15) is 10.6 Å². The summed E-state index contributed by atoms with van der Waals surface area (Å²) < 4.78 is 5.76. The zero-order chi connectivity index (χ0) is 11.4. The zero-order valence-corrected chi connectivity index (χ0v) is 11.8. The molecular formula is C10H12BrNO2S2. The molecule has 1 aliphatic heterocycles. The number of carbonyl (C=O) groups is 1.